The van der Waals surface area contributed by atoms with Crippen molar-refractivity contribution >= 4 is 17.3 Å². The van der Waals surface area contributed by atoms with Gasteiger partial charge in [-0.1, -0.05) is 32.0 Å². The van der Waals surface area contributed by atoms with Crippen LogP contribution in [0.25, 0.3) is 0 Å². The third kappa shape index (κ3) is 3.18. The van der Waals surface area contributed by atoms with Crippen LogP contribution in [0.1, 0.15) is 35.7 Å². The highest BCUT2D eigenvalue weighted by molar-refractivity contribution is 6.04. The maximum atomic E-state index is 12.3. The number of rotatable bonds is 4. The summed E-state index contributed by atoms with van der Waals surface area (Å²) >= 11 is 0. The molecule has 2 aromatic carbocycles. The molecular weight excluding hydrogens is 248 g/mol. The molecule has 0 aliphatic heterocycles. The second-order valence-electron chi connectivity index (χ2n) is 5.02. The lowest BCUT2D eigenvalue weighted by molar-refractivity contribution is 0.102. The number of carbonyl (C=O) groups is 1. The molecule has 2 N–H and O–H groups in total. The van der Waals surface area contributed by atoms with E-state index in [9.17, 15) is 4.79 Å². The number of benzene rings is 2. The van der Waals surface area contributed by atoms with Crippen molar-refractivity contribution in [1.82, 2.24) is 0 Å². The molecule has 0 saturated heterocycles. The monoisotopic (exact) mass is 268 g/mol. The van der Waals surface area contributed by atoms with E-state index in [1.165, 1.54) is 0 Å². The van der Waals surface area contributed by atoms with Crippen molar-refractivity contribution in [1.29, 1.82) is 0 Å². The summed E-state index contributed by atoms with van der Waals surface area (Å²) in [6.07, 6.45) is 0. The van der Waals surface area contributed by atoms with E-state index in [1.54, 1.807) is 0 Å². The number of hydrogen-bond acceptors (Lipinski definition) is 2. The van der Waals surface area contributed by atoms with Gasteiger partial charge >= 0.3 is 0 Å². The number of hydrogen-bond donors (Lipinski definition) is 2. The van der Waals surface area contributed by atoms with Gasteiger partial charge < -0.3 is 10.6 Å². The molecule has 0 unspecified atom stereocenters. The van der Waals surface area contributed by atoms with Gasteiger partial charge in [-0.15, -0.1) is 0 Å². The van der Waals surface area contributed by atoms with E-state index in [0.29, 0.717) is 11.5 Å². The van der Waals surface area contributed by atoms with Gasteiger partial charge in [0.05, 0.1) is 0 Å². The molecule has 0 atom stereocenters. The van der Waals surface area contributed by atoms with Crippen molar-refractivity contribution < 1.29 is 4.79 Å². The SMILES string of the molecule is CNc1ccc(C(=O)Nc2ccccc2C(C)C)cc1. The van der Waals surface area contributed by atoms with Crippen molar-refractivity contribution in [3.63, 3.8) is 0 Å². The molecule has 0 fully saturated rings. The van der Waals surface area contributed by atoms with Gasteiger partial charge in [0.15, 0.2) is 0 Å². The summed E-state index contributed by atoms with van der Waals surface area (Å²) in [4.78, 5) is 12.3. The number of carbonyl (C=O) groups excluding carboxylic acids is 1. The van der Waals surface area contributed by atoms with E-state index >= 15 is 0 Å². The Kier molecular flexibility index (Phi) is 4.41. The van der Waals surface area contributed by atoms with Crippen LogP contribution < -0.4 is 10.6 Å². The summed E-state index contributed by atoms with van der Waals surface area (Å²) in [5.74, 6) is 0.291. The van der Waals surface area contributed by atoms with Crippen LogP contribution in [0.15, 0.2) is 48.5 Å². The van der Waals surface area contributed by atoms with Gasteiger partial charge in [-0.2, -0.15) is 0 Å². The van der Waals surface area contributed by atoms with Crippen LogP contribution in [-0.2, 0) is 0 Å². The summed E-state index contributed by atoms with van der Waals surface area (Å²) in [5, 5.41) is 6.02. The molecule has 0 bridgehead atoms. The Morgan fingerprint density at radius 3 is 2.25 bits per heavy atom. The fraction of sp³-hybridized carbons (Fsp3) is 0.235. The second kappa shape index (κ2) is 6.24. The lowest BCUT2D eigenvalue weighted by Gasteiger charge is -2.13. The van der Waals surface area contributed by atoms with Crippen molar-refractivity contribution in [2.24, 2.45) is 0 Å². The highest BCUT2D eigenvalue weighted by Crippen LogP contribution is 2.24. The predicted octanol–water partition coefficient (Wildman–Crippen LogP) is 4.10. The normalized spacial score (nSPS) is 10.4. The Bertz CT molecular complexity index is 588. The van der Waals surface area contributed by atoms with Crippen LogP contribution in [0.3, 0.4) is 0 Å². The summed E-state index contributed by atoms with van der Waals surface area (Å²) < 4.78 is 0. The van der Waals surface area contributed by atoms with Crippen molar-refractivity contribution in [3.8, 4) is 0 Å². The molecular formula is C17H20N2O. The molecule has 2 rings (SSSR count). The van der Waals surface area contributed by atoms with E-state index in [1.807, 2.05) is 55.6 Å². The van der Waals surface area contributed by atoms with Crippen molar-refractivity contribution in [3.05, 3.63) is 59.7 Å². The molecule has 3 heteroatoms. The topological polar surface area (TPSA) is 41.1 Å². The molecule has 1 amide bonds. The lowest BCUT2D eigenvalue weighted by Crippen LogP contribution is -2.13. The minimum atomic E-state index is -0.0826. The molecule has 0 heterocycles. The lowest BCUT2D eigenvalue weighted by atomic mass is 10.0. The van der Waals surface area contributed by atoms with Crippen molar-refractivity contribution in [2.45, 2.75) is 19.8 Å². The Morgan fingerprint density at radius 1 is 1.00 bits per heavy atom. The summed E-state index contributed by atoms with van der Waals surface area (Å²) in [5.41, 5.74) is 3.67. The predicted molar refractivity (Wildman–Crippen MR) is 84.5 cm³/mol. The van der Waals surface area contributed by atoms with Crippen LogP contribution in [0.4, 0.5) is 11.4 Å². The van der Waals surface area contributed by atoms with E-state index in [-0.39, 0.29) is 5.91 Å². The van der Waals surface area contributed by atoms with Gasteiger partial charge in [0.25, 0.3) is 5.91 Å². The fourth-order valence-corrected chi connectivity index (χ4v) is 2.10. The zero-order chi connectivity index (χ0) is 14.5. The molecule has 0 aromatic heterocycles. The Morgan fingerprint density at radius 2 is 1.65 bits per heavy atom. The number of anilines is 2. The smallest absolute Gasteiger partial charge is 0.255 e. The number of amides is 1. The standard InChI is InChI=1S/C17H20N2O/c1-12(2)15-6-4-5-7-16(15)19-17(20)13-8-10-14(18-3)11-9-13/h4-12,18H,1-3H3,(H,19,20). The zero-order valence-corrected chi connectivity index (χ0v) is 12.1. The molecule has 0 aliphatic rings. The molecule has 104 valence electrons. The Balaban J connectivity index is 2.19. The molecule has 0 radical (unpaired) electrons. The molecule has 20 heavy (non-hydrogen) atoms. The first-order chi connectivity index (χ1) is 9.61. The minimum absolute atomic E-state index is 0.0826. The summed E-state index contributed by atoms with van der Waals surface area (Å²) in [6.45, 7) is 4.24. The van der Waals surface area contributed by atoms with Crippen molar-refractivity contribution in [2.75, 3.05) is 17.7 Å². The zero-order valence-electron chi connectivity index (χ0n) is 12.1. The molecule has 0 spiro atoms. The quantitative estimate of drug-likeness (QED) is 0.876. The fourth-order valence-electron chi connectivity index (χ4n) is 2.10. The molecule has 3 nitrogen and oxygen atoms in total. The molecule has 0 saturated carbocycles. The number of para-hydroxylation sites is 1. The van der Waals surface area contributed by atoms with Gasteiger partial charge in [-0.3, -0.25) is 4.79 Å². The van der Waals surface area contributed by atoms with Gasteiger partial charge in [-0.05, 0) is 41.8 Å². The first-order valence-electron chi connectivity index (χ1n) is 6.80. The average molecular weight is 268 g/mol. The van der Waals surface area contributed by atoms with Crippen LogP contribution in [0.2, 0.25) is 0 Å². The highest BCUT2D eigenvalue weighted by atomic mass is 16.1. The third-order valence-electron chi connectivity index (χ3n) is 3.27. The Hall–Kier alpha value is -2.29. The van der Waals surface area contributed by atoms with Crippen LogP contribution >= 0.6 is 0 Å². The van der Waals surface area contributed by atoms with Gasteiger partial charge in [0, 0.05) is 24.0 Å². The maximum absolute atomic E-state index is 12.3. The number of nitrogens with one attached hydrogen (secondary N) is 2. The highest BCUT2D eigenvalue weighted by Gasteiger charge is 2.10. The van der Waals surface area contributed by atoms with Crippen LogP contribution in [0, 0.1) is 0 Å². The summed E-state index contributed by atoms with van der Waals surface area (Å²) in [6, 6.07) is 15.3. The summed E-state index contributed by atoms with van der Waals surface area (Å²) in [7, 11) is 1.86. The van der Waals surface area contributed by atoms with E-state index in [2.05, 4.69) is 24.5 Å². The maximum Gasteiger partial charge on any atom is 0.255 e. The molecule has 0 aliphatic carbocycles. The minimum Gasteiger partial charge on any atom is -0.388 e. The van der Waals surface area contributed by atoms with Gasteiger partial charge in [0.1, 0.15) is 0 Å². The largest absolute Gasteiger partial charge is 0.388 e. The van der Waals surface area contributed by atoms with Crippen LogP contribution in [-0.4, -0.2) is 13.0 Å². The van der Waals surface area contributed by atoms with Gasteiger partial charge in [0.2, 0.25) is 0 Å². The van der Waals surface area contributed by atoms with E-state index in [0.717, 1.165) is 16.9 Å². The first-order valence-corrected chi connectivity index (χ1v) is 6.80. The first kappa shape index (κ1) is 14.1. The van der Waals surface area contributed by atoms with Gasteiger partial charge in [-0.25, -0.2) is 0 Å². The van der Waals surface area contributed by atoms with Crippen LogP contribution in [0.5, 0.6) is 0 Å². The van der Waals surface area contributed by atoms with E-state index in [4.69, 9.17) is 0 Å². The average Bonchev–Trinajstić information content (AvgIpc) is 2.47. The Labute approximate surface area is 120 Å². The molecule has 2 aromatic rings. The third-order valence-corrected chi connectivity index (χ3v) is 3.27. The van der Waals surface area contributed by atoms with E-state index < -0.39 is 0 Å². The second-order valence-corrected chi connectivity index (χ2v) is 5.02.